The van der Waals surface area contributed by atoms with E-state index in [1.165, 1.54) is 4.90 Å². The van der Waals surface area contributed by atoms with Crippen molar-refractivity contribution in [3.63, 3.8) is 0 Å². The van der Waals surface area contributed by atoms with Gasteiger partial charge in [-0.15, -0.1) is 11.3 Å². The molecule has 0 radical (unpaired) electrons. The van der Waals surface area contributed by atoms with Gasteiger partial charge in [-0.1, -0.05) is 12.1 Å². The average Bonchev–Trinajstić information content (AvgIpc) is 3.01. The topological polar surface area (TPSA) is 97.0 Å². The van der Waals surface area contributed by atoms with Crippen LogP contribution in [0, 0.1) is 6.92 Å². The minimum atomic E-state index is -0.577. The molecule has 156 valence electrons. The van der Waals surface area contributed by atoms with Crippen LogP contribution in [0.3, 0.4) is 0 Å². The predicted octanol–water partition coefficient (Wildman–Crippen LogP) is 2.99. The van der Waals surface area contributed by atoms with Crippen molar-refractivity contribution in [3.8, 4) is 5.75 Å². The Hall–Kier alpha value is -3.07. The molecule has 0 saturated heterocycles. The van der Waals surface area contributed by atoms with Crippen LogP contribution in [0.2, 0.25) is 0 Å². The lowest BCUT2D eigenvalue weighted by Crippen LogP contribution is -2.22. The minimum Gasteiger partial charge on any atom is -0.495 e. The van der Waals surface area contributed by atoms with Gasteiger partial charge in [-0.3, -0.25) is 9.59 Å². The summed E-state index contributed by atoms with van der Waals surface area (Å²) in [6, 6.07) is 7.22. The van der Waals surface area contributed by atoms with Crippen LogP contribution in [-0.4, -0.2) is 57.0 Å². The molecule has 0 spiro atoms. The lowest BCUT2D eigenvalue weighted by atomic mass is 10.1. The third-order valence-electron chi connectivity index (χ3n) is 4.03. The molecule has 2 amide bonds. The number of nitrogens with one attached hydrogen (secondary N) is 2. The molecule has 0 fully saturated rings. The second-order valence-corrected chi connectivity index (χ2v) is 7.30. The normalized spacial score (nSPS) is 10.2. The molecular weight excluding hydrogens is 394 g/mol. The summed E-state index contributed by atoms with van der Waals surface area (Å²) in [7, 11) is 4.80. The van der Waals surface area contributed by atoms with Gasteiger partial charge in [0, 0.05) is 14.1 Å². The van der Waals surface area contributed by atoms with Crippen LogP contribution in [0.5, 0.6) is 5.75 Å². The quantitative estimate of drug-likeness (QED) is 0.639. The van der Waals surface area contributed by atoms with Crippen molar-refractivity contribution in [3.05, 3.63) is 40.3 Å². The van der Waals surface area contributed by atoms with Crippen molar-refractivity contribution < 1.29 is 23.9 Å². The Morgan fingerprint density at radius 2 is 1.86 bits per heavy atom. The van der Waals surface area contributed by atoms with E-state index in [1.807, 2.05) is 12.1 Å². The highest BCUT2D eigenvalue weighted by atomic mass is 32.1. The first-order valence-corrected chi connectivity index (χ1v) is 9.80. The molecule has 1 aromatic heterocycles. The number of hydrogen-bond acceptors (Lipinski definition) is 7. The van der Waals surface area contributed by atoms with E-state index in [4.69, 9.17) is 9.47 Å². The lowest BCUT2D eigenvalue weighted by molar-refractivity contribution is -0.114. The van der Waals surface area contributed by atoms with Crippen LogP contribution in [0.4, 0.5) is 10.7 Å². The van der Waals surface area contributed by atoms with Gasteiger partial charge in [-0.2, -0.15) is 0 Å². The van der Waals surface area contributed by atoms with Gasteiger partial charge in [-0.25, -0.2) is 4.79 Å². The molecule has 8 nitrogen and oxygen atoms in total. The Labute approximate surface area is 173 Å². The highest BCUT2D eigenvalue weighted by molar-refractivity contribution is 7.18. The largest absolute Gasteiger partial charge is 0.495 e. The number of esters is 1. The number of hydrogen-bond donors (Lipinski definition) is 2. The summed E-state index contributed by atoms with van der Waals surface area (Å²) in [5.74, 6) is -0.581. The van der Waals surface area contributed by atoms with Crippen molar-refractivity contribution in [2.75, 3.05) is 45.0 Å². The fraction of sp³-hybridized carbons (Fsp3) is 0.350. The maximum absolute atomic E-state index is 12.5. The number of nitrogens with zero attached hydrogens (tertiary/aromatic N) is 1. The van der Waals surface area contributed by atoms with Gasteiger partial charge in [0.25, 0.3) is 5.91 Å². The SMILES string of the molecule is CCOC(=O)c1c(NC(=O)CNc2ccccc2OC)sc(C(=O)N(C)C)c1C. The smallest absolute Gasteiger partial charge is 0.341 e. The highest BCUT2D eigenvalue weighted by Gasteiger charge is 2.27. The molecule has 1 heterocycles. The molecule has 0 saturated carbocycles. The standard InChI is InChI=1S/C20H25N3O5S/c1-6-28-20(26)16-12(2)17(19(25)23(3)4)29-18(16)22-15(24)11-21-13-9-7-8-10-14(13)27-5/h7-10,21H,6,11H2,1-5H3,(H,22,24). The summed E-state index contributed by atoms with van der Waals surface area (Å²) in [6.07, 6.45) is 0. The van der Waals surface area contributed by atoms with Gasteiger partial charge < -0.3 is 25.0 Å². The van der Waals surface area contributed by atoms with Crippen molar-refractivity contribution in [2.45, 2.75) is 13.8 Å². The maximum atomic E-state index is 12.5. The van der Waals surface area contributed by atoms with E-state index >= 15 is 0 Å². The number of rotatable bonds is 8. The molecule has 1 aromatic carbocycles. The van der Waals surface area contributed by atoms with Gasteiger partial charge in [-0.05, 0) is 31.5 Å². The fourth-order valence-corrected chi connectivity index (χ4v) is 3.83. The van der Waals surface area contributed by atoms with Crippen LogP contribution in [0.15, 0.2) is 24.3 Å². The molecule has 2 N–H and O–H groups in total. The van der Waals surface area contributed by atoms with E-state index in [0.717, 1.165) is 11.3 Å². The molecule has 0 bridgehead atoms. The van der Waals surface area contributed by atoms with E-state index < -0.39 is 5.97 Å². The first-order valence-electron chi connectivity index (χ1n) is 8.99. The average molecular weight is 420 g/mol. The monoisotopic (exact) mass is 419 g/mol. The molecule has 9 heteroatoms. The number of methoxy groups -OCH3 is 1. The van der Waals surface area contributed by atoms with E-state index in [9.17, 15) is 14.4 Å². The first kappa shape index (κ1) is 22.2. The molecule has 0 atom stereocenters. The van der Waals surface area contributed by atoms with Crippen molar-refractivity contribution in [2.24, 2.45) is 0 Å². The van der Waals surface area contributed by atoms with Crippen molar-refractivity contribution in [1.29, 1.82) is 0 Å². The summed E-state index contributed by atoms with van der Waals surface area (Å²) >= 11 is 1.06. The number of anilines is 2. The molecular formula is C20H25N3O5S. The predicted molar refractivity (Wildman–Crippen MR) is 113 cm³/mol. The maximum Gasteiger partial charge on any atom is 0.341 e. The third-order valence-corrected chi connectivity index (χ3v) is 5.22. The van der Waals surface area contributed by atoms with Crippen LogP contribution < -0.4 is 15.4 Å². The Morgan fingerprint density at radius 1 is 1.17 bits per heavy atom. The van der Waals surface area contributed by atoms with Crippen molar-refractivity contribution in [1.82, 2.24) is 4.90 Å². The third kappa shape index (κ3) is 5.26. The number of carbonyl (C=O) groups is 3. The number of ether oxygens (including phenoxy) is 2. The Bertz CT molecular complexity index is 908. The van der Waals surface area contributed by atoms with E-state index in [1.54, 1.807) is 47.2 Å². The van der Waals surface area contributed by atoms with E-state index in [2.05, 4.69) is 10.6 Å². The molecule has 2 aromatic rings. The second kappa shape index (κ2) is 9.92. The number of thiophene rings is 1. The van der Waals surface area contributed by atoms with Gasteiger partial charge >= 0.3 is 5.97 Å². The zero-order valence-electron chi connectivity index (χ0n) is 17.1. The summed E-state index contributed by atoms with van der Waals surface area (Å²) in [5.41, 5.74) is 1.36. The van der Waals surface area contributed by atoms with E-state index in [-0.39, 0.29) is 35.5 Å². The molecule has 29 heavy (non-hydrogen) atoms. The summed E-state index contributed by atoms with van der Waals surface area (Å²) in [4.78, 5) is 39.1. The minimum absolute atomic E-state index is 0.0451. The summed E-state index contributed by atoms with van der Waals surface area (Å²) < 4.78 is 10.3. The zero-order valence-corrected chi connectivity index (χ0v) is 17.9. The first-order chi connectivity index (χ1) is 13.8. The van der Waals surface area contributed by atoms with Gasteiger partial charge in [0.15, 0.2) is 0 Å². The Balaban J connectivity index is 2.23. The summed E-state index contributed by atoms with van der Waals surface area (Å²) in [6.45, 7) is 3.51. The Kier molecular flexibility index (Phi) is 7.60. The highest BCUT2D eigenvalue weighted by Crippen LogP contribution is 2.34. The zero-order chi connectivity index (χ0) is 21.6. The number of carbonyl (C=O) groups excluding carboxylic acids is 3. The Morgan fingerprint density at radius 3 is 2.48 bits per heavy atom. The van der Waals surface area contributed by atoms with Crippen LogP contribution in [0.1, 0.15) is 32.5 Å². The van der Waals surface area contributed by atoms with Crippen LogP contribution in [0.25, 0.3) is 0 Å². The van der Waals surface area contributed by atoms with Gasteiger partial charge in [0.1, 0.15) is 10.8 Å². The number of benzene rings is 1. The fourth-order valence-electron chi connectivity index (χ4n) is 2.59. The van der Waals surface area contributed by atoms with E-state index in [0.29, 0.717) is 21.9 Å². The van der Waals surface area contributed by atoms with Crippen LogP contribution >= 0.6 is 11.3 Å². The molecule has 0 aliphatic rings. The number of para-hydroxylation sites is 2. The molecule has 2 rings (SSSR count). The van der Waals surface area contributed by atoms with Crippen LogP contribution in [-0.2, 0) is 9.53 Å². The molecule has 0 aliphatic carbocycles. The summed E-state index contributed by atoms with van der Waals surface area (Å²) in [5, 5.41) is 6.00. The van der Waals surface area contributed by atoms with Crippen molar-refractivity contribution >= 4 is 39.8 Å². The molecule has 0 aliphatic heterocycles. The van der Waals surface area contributed by atoms with Gasteiger partial charge in [0.05, 0.1) is 36.4 Å². The van der Waals surface area contributed by atoms with Gasteiger partial charge in [0.2, 0.25) is 5.91 Å². The lowest BCUT2D eigenvalue weighted by Gasteiger charge is -2.11. The number of amides is 2. The molecule has 0 unspecified atom stereocenters. The second-order valence-electron chi connectivity index (χ2n) is 6.28.